The van der Waals surface area contributed by atoms with Gasteiger partial charge in [-0.2, -0.15) is 0 Å². The number of aryl methyl sites for hydroxylation is 1. The summed E-state index contributed by atoms with van der Waals surface area (Å²) >= 11 is 0. The highest BCUT2D eigenvalue weighted by Crippen LogP contribution is 2.54. The van der Waals surface area contributed by atoms with E-state index in [1.807, 2.05) is 19.1 Å². The van der Waals surface area contributed by atoms with E-state index >= 15 is 0 Å². The Bertz CT molecular complexity index is 1630. The van der Waals surface area contributed by atoms with Crippen LogP contribution >= 0.6 is 0 Å². The second-order valence-electron chi connectivity index (χ2n) is 12.7. The number of aliphatic hydroxyl groups is 1. The molecule has 0 bridgehead atoms. The molecule has 11 nitrogen and oxygen atoms in total. The van der Waals surface area contributed by atoms with Crippen LogP contribution in [0.25, 0.3) is 17.1 Å². The minimum Gasteiger partial charge on any atom is -0.395 e. The minimum absolute atomic E-state index is 0.179. The van der Waals surface area contributed by atoms with Gasteiger partial charge in [0.2, 0.25) is 16.0 Å². The number of piperidine rings is 2. The number of hydrogen-bond donors (Lipinski definition) is 2. The summed E-state index contributed by atoms with van der Waals surface area (Å²) in [6, 6.07) is 7.17. The number of hydrogen-bond acceptors (Lipinski definition) is 9. The van der Waals surface area contributed by atoms with Gasteiger partial charge in [0.25, 0.3) is 5.92 Å². The van der Waals surface area contributed by atoms with Gasteiger partial charge in [0.05, 0.1) is 35.6 Å². The van der Waals surface area contributed by atoms with E-state index in [2.05, 4.69) is 29.9 Å². The molecule has 7 rings (SSSR count). The Morgan fingerprint density at radius 2 is 1.58 bits per heavy atom. The molecule has 3 aromatic rings. The lowest BCUT2D eigenvalue weighted by Crippen LogP contribution is -2.40. The van der Waals surface area contributed by atoms with Crippen LogP contribution in [0.5, 0.6) is 0 Å². The number of sulfonamides is 1. The number of anilines is 3. The second-order valence-corrected chi connectivity index (χ2v) is 14.8. The van der Waals surface area contributed by atoms with Crippen molar-refractivity contribution in [1.29, 1.82) is 0 Å². The molecule has 2 aromatic heterocycles. The van der Waals surface area contributed by atoms with Crippen LogP contribution in [0.2, 0.25) is 0 Å². The average molecular weight is 615 g/mol. The molecular formula is C29H36F2N8O3S. The van der Waals surface area contributed by atoms with Gasteiger partial charge >= 0.3 is 0 Å². The maximum atomic E-state index is 13.7. The number of halogens is 2. The van der Waals surface area contributed by atoms with E-state index in [9.17, 15) is 22.3 Å². The zero-order chi connectivity index (χ0) is 30.0. The molecule has 230 valence electrons. The molecule has 2 saturated carbocycles. The number of rotatable bonds is 8. The molecule has 2 aliphatic carbocycles. The number of alkyl halides is 2. The van der Waals surface area contributed by atoms with Gasteiger partial charge in [0, 0.05) is 44.7 Å². The topological polar surface area (TPSA) is 129 Å². The van der Waals surface area contributed by atoms with Crippen molar-refractivity contribution >= 4 is 27.3 Å². The molecule has 4 fully saturated rings. The maximum absolute atomic E-state index is 13.7. The van der Waals surface area contributed by atoms with E-state index in [-0.39, 0.29) is 25.9 Å². The molecule has 2 aliphatic heterocycles. The van der Waals surface area contributed by atoms with Gasteiger partial charge in [-0.05, 0) is 75.1 Å². The zero-order valence-corrected chi connectivity index (χ0v) is 25.0. The fourth-order valence-corrected chi connectivity index (χ4v) is 7.67. The Morgan fingerprint density at radius 1 is 0.884 bits per heavy atom. The molecule has 0 atom stereocenters. The van der Waals surface area contributed by atoms with Crippen molar-refractivity contribution in [3.05, 3.63) is 36.2 Å². The van der Waals surface area contributed by atoms with Crippen molar-refractivity contribution in [2.75, 3.05) is 47.3 Å². The Hall–Kier alpha value is -3.39. The maximum Gasteiger partial charge on any atom is 0.251 e. The smallest absolute Gasteiger partial charge is 0.251 e. The molecule has 0 amide bonds. The van der Waals surface area contributed by atoms with Crippen LogP contribution in [0.15, 0.2) is 30.5 Å². The Kier molecular flexibility index (Phi) is 6.65. The Labute approximate surface area is 249 Å². The number of aliphatic hydroxyl groups excluding tert-OH is 1. The summed E-state index contributed by atoms with van der Waals surface area (Å²) in [6.07, 6.45) is 6.89. The van der Waals surface area contributed by atoms with Crippen molar-refractivity contribution in [3.8, 4) is 17.1 Å². The lowest BCUT2D eigenvalue weighted by Gasteiger charge is -2.35. The van der Waals surface area contributed by atoms with Crippen LogP contribution in [-0.4, -0.2) is 81.9 Å². The van der Waals surface area contributed by atoms with Crippen molar-refractivity contribution in [3.63, 3.8) is 0 Å². The van der Waals surface area contributed by atoms with E-state index in [1.54, 1.807) is 27.9 Å². The van der Waals surface area contributed by atoms with Crippen molar-refractivity contribution in [2.45, 2.75) is 69.0 Å². The number of benzene rings is 1. The third-order valence-electron chi connectivity index (χ3n) is 9.64. The highest BCUT2D eigenvalue weighted by molar-refractivity contribution is 7.94. The van der Waals surface area contributed by atoms with Crippen LogP contribution in [0.3, 0.4) is 0 Å². The van der Waals surface area contributed by atoms with Crippen LogP contribution < -0.4 is 14.5 Å². The molecule has 0 radical (unpaired) electrons. The van der Waals surface area contributed by atoms with E-state index in [0.29, 0.717) is 47.0 Å². The van der Waals surface area contributed by atoms with Gasteiger partial charge < -0.3 is 14.9 Å². The Balaban J connectivity index is 1.19. The normalized spacial score (nSPS) is 22.0. The molecular weight excluding hydrogens is 578 g/mol. The first-order chi connectivity index (χ1) is 20.5. The highest BCUT2D eigenvalue weighted by atomic mass is 32.2. The molecule has 0 unspecified atom stereocenters. The summed E-state index contributed by atoms with van der Waals surface area (Å²) in [7, 11) is -3.75. The highest BCUT2D eigenvalue weighted by Gasteiger charge is 2.54. The van der Waals surface area contributed by atoms with Crippen LogP contribution in [0.1, 0.15) is 57.1 Å². The summed E-state index contributed by atoms with van der Waals surface area (Å²) in [5.74, 6) is -2.26. The number of aromatic nitrogens is 5. The van der Waals surface area contributed by atoms with Gasteiger partial charge in [-0.25, -0.2) is 31.8 Å². The second kappa shape index (κ2) is 10.1. The predicted molar refractivity (Wildman–Crippen MR) is 158 cm³/mol. The first-order valence-corrected chi connectivity index (χ1v) is 16.4. The lowest BCUT2D eigenvalue weighted by atomic mass is 9.93. The predicted octanol–water partition coefficient (Wildman–Crippen LogP) is 3.92. The van der Waals surface area contributed by atoms with Gasteiger partial charge in [0.15, 0.2) is 0 Å². The van der Waals surface area contributed by atoms with Gasteiger partial charge in [0.1, 0.15) is 10.4 Å². The van der Waals surface area contributed by atoms with Crippen LogP contribution in [0, 0.1) is 12.3 Å². The summed E-state index contributed by atoms with van der Waals surface area (Å²) in [4.78, 5) is 13.2. The zero-order valence-electron chi connectivity index (χ0n) is 24.1. The Morgan fingerprint density at radius 3 is 2.23 bits per heavy atom. The van der Waals surface area contributed by atoms with Crippen molar-refractivity contribution in [1.82, 2.24) is 25.0 Å². The summed E-state index contributed by atoms with van der Waals surface area (Å²) in [5.41, 5.74) is 4.25. The van der Waals surface area contributed by atoms with Crippen molar-refractivity contribution < 1.29 is 22.3 Å². The molecule has 1 spiro atoms. The van der Waals surface area contributed by atoms with E-state index in [4.69, 9.17) is 0 Å². The summed E-state index contributed by atoms with van der Waals surface area (Å²) in [5, 5.41) is 18.5. The van der Waals surface area contributed by atoms with Crippen molar-refractivity contribution in [2.24, 2.45) is 5.41 Å². The largest absolute Gasteiger partial charge is 0.395 e. The number of nitrogens with one attached hydrogen (secondary N) is 1. The third-order valence-corrected chi connectivity index (χ3v) is 11.8. The van der Waals surface area contributed by atoms with E-state index < -0.39 is 27.3 Å². The summed E-state index contributed by atoms with van der Waals surface area (Å²) in [6.45, 7) is 3.50. The molecule has 4 heterocycles. The van der Waals surface area contributed by atoms with E-state index in [0.717, 1.165) is 37.3 Å². The monoisotopic (exact) mass is 614 g/mol. The fourth-order valence-electron chi connectivity index (χ4n) is 6.21. The number of nitrogens with zero attached hydrogens (tertiary/aromatic N) is 7. The van der Waals surface area contributed by atoms with Crippen LogP contribution in [0.4, 0.5) is 26.1 Å². The van der Waals surface area contributed by atoms with Gasteiger partial charge in [-0.15, -0.1) is 5.10 Å². The molecule has 4 aliphatic rings. The molecule has 1 aromatic carbocycles. The molecule has 2 saturated heterocycles. The van der Waals surface area contributed by atoms with Crippen LogP contribution in [-0.2, 0) is 10.0 Å². The summed E-state index contributed by atoms with van der Waals surface area (Å²) < 4.78 is 56.8. The average Bonchev–Trinajstić information content (AvgIpc) is 3.89. The van der Waals surface area contributed by atoms with E-state index in [1.165, 1.54) is 12.8 Å². The molecule has 14 heteroatoms. The standard InChI is InChI=1S/C29H36F2N8O3S/c1-20-16-22(33-26(32-20)38-14-10-29(30,31)11-15-38)23-18-39(36-34-23)24-3-2-21(35-43(41,42)28(19-40)6-7-28)17-25(24)37-12-8-27(4-5-27)9-13-37/h2-3,16-18,35,40H,4-15,19H2,1H3. The van der Waals surface area contributed by atoms with Gasteiger partial charge in [-0.3, -0.25) is 4.72 Å². The van der Waals surface area contributed by atoms with Gasteiger partial charge in [-0.1, -0.05) is 5.21 Å². The quantitative estimate of drug-likeness (QED) is 0.388. The lowest BCUT2D eigenvalue weighted by molar-refractivity contribution is -0.0222. The third kappa shape index (κ3) is 5.43. The fraction of sp³-hybridized carbons (Fsp3) is 0.586. The molecule has 43 heavy (non-hydrogen) atoms. The SMILES string of the molecule is Cc1cc(-c2cn(-c3ccc(NS(=O)(=O)C4(CO)CC4)cc3N3CCC4(CC3)CC4)nn2)nc(N2CCC(F)(F)CC2)n1. The first kappa shape index (κ1) is 28.4. The molecule has 2 N–H and O–H groups in total. The first-order valence-electron chi connectivity index (χ1n) is 14.9. The minimum atomic E-state index is -3.75.